The Hall–Kier alpha value is 0.0300. The molecule has 0 aromatic carbocycles. The van der Waals surface area contributed by atoms with E-state index in [1.807, 2.05) is 0 Å². The summed E-state index contributed by atoms with van der Waals surface area (Å²) in [4.78, 5) is 11.3. The summed E-state index contributed by atoms with van der Waals surface area (Å²) >= 11 is 4.13. The minimum absolute atomic E-state index is 0.147. The van der Waals surface area contributed by atoms with Crippen LogP contribution in [0, 0.1) is 0 Å². The molecule has 0 aromatic rings. The molecule has 0 saturated heterocycles. The Morgan fingerprint density at radius 2 is 1.43 bits per heavy atom. The van der Waals surface area contributed by atoms with Crippen molar-refractivity contribution in [3.8, 4) is 0 Å². The van der Waals surface area contributed by atoms with E-state index in [0.29, 0.717) is 6.42 Å². The lowest BCUT2D eigenvalue weighted by atomic mass is 9.84. The van der Waals surface area contributed by atoms with Crippen LogP contribution in [0.25, 0.3) is 0 Å². The predicted molar refractivity (Wildman–Crippen MR) is 135 cm³/mol. The van der Waals surface area contributed by atoms with Gasteiger partial charge in [-0.25, -0.2) is 0 Å². The van der Waals surface area contributed by atoms with Crippen LogP contribution in [0.4, 0.5) is 0 Å². The van der Waals surface area contributed by atoms with Crippen LogP contribution >= 0.6 is 23.5 Å². The number of hydrogen-bond donors (Lipinski definition) is 2. The molecule has 0 fully saturated rings. The van der Waals surface area contributed by atoms with Crippen molar-refractivity contribution in [1.29, 1.82) is 0 Å². The Bertz CT molecular complexity index is 483. The molecule has 5 heteroatoms. The van der Waals surface area contributed by atoms with Crippen LogP contribution in [0.15, 0.2) is 12.2 Å². The van der Waals surface area contributed by atoms with Crippen LogP contribution in [0.5, 0.6) is 0 Å². The zero-order valence-electron chi connectivity index (χ0n) is 19.6. The number of unbranched alkanes of at least 4 members (excludes halogenated alkanes) is 9. The summed E-state index contributed by atoms with van der Waals surface area (Å²) in [5.74, 6) is -0.288. The number of carbonyl (C=O) groups excluding carboxylic acids is 1. The summed E-state index contributed by atoms with van der Waals surface area (Å²) < 4.78 is 0. The smallest absolute Gasteiger partial charge is 0.183 e. The Balaban J connectivity index is 2.07. The molecule has 1 aliphatic carbocycles. The van der Waals surface area contributed by atoms with E-state index in [0.717, 1.165) is 23.3 Å². The molecule has 1 rings (SSSR count). The summed E-state index contributed by atoms with van der Waals surface area (Å²) in [6, 6.07) is 0. The molecule has 176 valence electrons. The van der Waals surface area contributed by atoms with Crippen molar-refractivity contribution in [2.45, 2.75) is 125 Å². The zero-order valence-corrected chi connectivity index (χ0v) is 21.2. The van der Waals surface area contributed by atoms with Crippen molar-refractivity contribution in [1.82, 2.24) is 0 Å². The van der Waals surface area contributed by atoms with Gasteiger partial charge in [0.15, 0.2) is 5.78 Å². The number of carbonyl (C=O) groups is 1. The maximum atomic E-state index is 11.3. The monoisotopic (exact) mass is 458 g/mol. The van der Waals surface area contributed by atoms with Gasteiger partial charge in [-0.1, -0.05) is 77.6 Å². The molecule has 0 aromatic heterocycles. The maximum absolute atomic E-state index is 11.3. The zero-order chi connectivity index (χ0) is 22.2. The van der Waals surface area contributed by atoms with Crippen molar-refractivity contribution in [2.75, 3.05) is 12.5 Å². The first-order chi connectivity index (χ1) is 14.5. The van der Waals surface area contributed by atoms with Crippen LogP contribution in [0.3, 0.4) is 0 Å². The van der Waals surface area contributed by atoms with Gasteiger partial charge in [0, 0.05) is 16.9 Å². The third-order valence-electron chi connectivity index (χ3n) is 6.39. The summed E-state index contributed by atoms with van der Waals surface area (Å²) in [5, 5.41) is 21.7. The van der Waals surface area contributed by atoms with Gasteiger partial charge in [0.2, 0.25) is 0 Å². The first-order valence-electron chi connectivity index (χ1n) is 12.1. The largest absolute Gasteiger partial charge is 0.386 e. The van der Waals surface area contributed by atoms with Gasteiger partial charge in [0.25, 0.3) is 0 Å². The second kappa shape index (κ2) is 16.6. The van der Waals surface area contributed by atoms with E-state index in [1.165, 1.54) is 76.7 Å². The van der Waals surface area contributed by atoms with Gasteiger partial charge >= 0.3 is 0 Å². The normalized spacial score (nSPS) is 23.6. The Kier molecular flexibility index (Phi) is 15.6. The topological polar surface area (TPSA) is 57.5 Å². The van der Waals surface area contributed by atoms with E-state index >= 15 is 0 Å². The highest BCUT2D eigenvalue weighted by Crippen LogP contribution is 2.30. The summed E-state index contributed by atoms with van der Waals surface area (Å²) in [5.41, 5.74) is -0.996. The van der Waals surface area contributed by atoms with Gasteiger partial charge in [0.05, 0.1) is 5.60 Å². The number of thioether (sulfide) groups is 2. The van der Waals surface area contributed by atoms with Crippen LogP contribution in [-0.4, -0.2) is 50.7 Å². The number of aliphatic hydroxyl groups excluding tert-OH is 1. The average Bonchev–Trinajstić information content (AvgIpc) is 2.73. The Morgan fingerprint density at radius 3 is 1.93 bits per heavy atom. The minimum Gasteiger partial charge on any atom is -0.386 e. The molecule has 2 N–H and O–H groups in total. The highest BCUT2D eigenvalue weighted by molar-refractivity contribution is 8.03. The minimum atomic E-state index is -1.04. The molecular formula is C25H46O3S2. The van der Waals surface area contributed by atoms with Crippen LogP contribution in [0.2, 0.25) is 0 Å². The van der Waals surface area contributed by atoms with E-state index in [4.69, 9.17) is 0 Å². The van der Waals surface area contributed by atoms with Gasteiger partial charge in [-0.3, -0.25) is 4.79 Å². The lowest BCUT2D eigenvalue weighted by Crippen LogP contribution is -2.38. The second-order valence-electron chi connectivity index (χ2n) is 8.97. The molecule has 3 nitrogen and oxygen atoms in total. The van der Waals surface area contributed by atoms with E-state index < -0.39 is 11.7 Å². The van der Waals surface area contributed by atoms with Gasteiger partial charge in [0.1, 0.15) is 6.10 Å². The highest BCUT2D eigenvalue weighted by atomic mass is 32.2. The second-order valence-corrected chi connectivity index (χ2v) is 11.1. The molecular weight excluding hydrogens is 412 g/mol. The molecule has 0 spiro atoms. The van der Waals surface area contributed by atoms with Gasteiger partial charge < -0.3 is 10.2 Å². The first-order valence-corrected chi connectivity index (χ1v) is 14.7. The Labute approximate surface area is 194 Å². The number of aliphatic hydroxyl groups is 2. The van der Waals surface area contributed by atoms with Gasteiger partial charge in [-0.05, 0) is 43.9 Å². The standard InChI is InChI=1S/C25H46O3S2/c1-4-5-6-12-15-23(29-2)24(30-3)16-13-10-8-7-9-11-14-18-25(28)19-17-21(26)22(27)20-25/h17,19,22-24,27-28H,4-16,18,20H2,1-3H3/t22-,23?,24?,25-/m0/s1. The molecule has 0 radical (unpaired) electrons. The predicted octanol–water partition coefficient (Wildman–Crippen LogP) is 6.55. The molecule has 0 saturated carbocycles. The first kappa shape index (κ1) is 28.1. The van der Waals surface area contributed by atoms with Crippen molar-refractivity contribution in [3.05, 3.63) is 12.2 Å². The SMILES string of the molecule is CCCCCCC(SC)C(CCCCCCCCC[C@]1(O)C=CC(=O)[C@@H](O)C1)SC. The third-order valence-corrected chi connectivity index (χ3v) is 8.91. The van der Waals surface area contributed by atoms with Crippen molar-refractivity contribution >= 4 is 29.3 Å². The van der Waals surface area contributed by atoms with Crippen molar-refractivity contribution in [2.24, 2.45) is 0 Å². The number of hydrogen-bond acceptors (Lipinski definition) is 5. The molecule has 0 heterocycles. The van der Waals surface area contributed by atoms with Crippen molar-refractivity contribution < 1.29 is 15.0 Å². The highest BCUT2D eigenvalue weighted by Gasteiger charge is 2.33. The summed E-state index contributed by atoms with van der Waals surface area (Å²) in [6.07, 6.45) is 23.9. The van der Waals surface area contributed by atoms with Gasteiger partial charge in [-0.2, -0.15) is 23.5 Å². The fourth-order valence-electron chi connectivity index (χ4n) is 4.38. The quantitative estimate of drug-likeness (QED) is 0.228. The maximum Gasteiger partial charge on any atom is 0.183 e. The fraction of sp³-hybridized carbons (Fsp3) is 0.880. The summed E-state index contributed by atoms with van der Waals surface area (Å²) in [6.45, 7) is 2.28. The van der Waals surface area contributed by atoms with Crippen molar-refractivity contribution in [3.63, 3.8) is 0 Å². The lowest BCUT2D eigenvalue weighted by molar-refractivity contribution is -0.126. The number of rotatable bonds is 18. The molecule has 0 bridgehead atoms. The third kappa shape index (κ3) is 11.6. The Morgan fingerprint density at radius 1 is 0.933 bits per heavy atom. The average molecular weight is 459 g/mol. The van der Waals surface area contributed by atoms with E-state index in [9.17, 15) is 15.0 Å². The molecule has 30 heavy (non-hydrogen) atoms. The molecule has 0 aliphatic heterocycles. The van der Waals surface area contributed by atoms with Gasteiger partial charge in [-0.15, -0.1) is 0 Å². The molecule has 0 amide bonds. The molecule has 2 unspecified atom stereocenters. The number of ketones is 1. The van der Waals surface area contributed by atoms with E-state index in [1.54, 1.807) is 6.08 Å². The van der Waals surface area contributed by atoms with E-state index in [2.05, 4.69) is 43.0 Å². The fourth-order valence-corrected chi connectivity index (χ4v) is 6.73. The molecule has 1 aliphatic rings. The van der Waals surface area contributed by atoms with Crippen LogP contribution < -0.4 is 0 Å². The summed E-state index contributed by atoms with van der Waals surface area (Å²) in [7, 11) is 0. The lowest BCUT2D eigenvalue weighted by Gasteiger charge is -2.29. The van der Waals surface area contributed by atoms with E-state index in [-0.39, 0.29) is 12.2 Å². The van der Waals surface area contributed by atoms with Crippen LogP contribution in [0.1, 0.15) is 103 Å². The van der Waals surface area contributed by atoms with Crippen LogP contribution in [-0.2, 0) is 4.79 Å². The molecule has 4 atom stereocenters.